The molecule has 0 spiro atoms. The highest BCUT2D eigenvalue weighted by atomic mass is 79.9. The number of nitrogens with two attached hydrogens (primary N) is 1. The number of hydrogen-bond acceptors (Lipinski definition) is 6. The van der Waals surface area contributed by atoms with Gasteiger partial charge in [-0.15, -0.1) is 0 Å². The highest BCUT2D eigenvalue weighted by Gasteiger charge is 2.34. The molecule has 1 saturated heterocycles. The average Bonchev–Trinajstić information content (AvgIpc) is 2.63. The predicted octanol–water partition coefficient (Wildman–Crippen LogP) is 3.49. The van der Waals surface area contributed by atoms with Gasteiger partial charge in [0.2, 0.25) is 0 Å². The molecule has 8 heteroatoms. The van der Waals surface area contributed by atoms with Crippen LogP contribution in [0.2, 0.25) is 0 Å². The lowest BCUT2D eigenvalue weighted by atomic mass is 10.0. The van der Waals surface area contributed by atoms with Crippen molar-refractivity contribution in [3.05, 3.63) is 46.7 Å². The second-order valence-electron chi connectivity index (χ2n) is 7.86. The van der Waals surface area contributed by atoms with Crippen LogP contribution >= 0.6 is 15.9 Å². The van der Waals surface area contributed by atoms with Crippen molar-refractivity contribution in [2.24, 2.45) is 0 Å². The maximum absolute atomic E-state index is 12.8. The Morgan fingerprint density at radius 1 is 1.29 bits per heavy atom. The summed E-state index contributed by atoms with van der Waals surface area (Å²) in [6.45, 7) is 7.38. The van der Waals surface area contributed by atoms with Crippen molar-refractivity contribution in [1.82, 2.24) is 14.9 Å². The van der Waals surface area contributed by atoms with Crippen LogP contribution in [0.15, 0.2) is 41.1 Å². The fourth-order valence-corrected chi connectivity index (χ4v) is 3.54. The second-order valence-corrected chi connectivity index (χ2v) is 8.68. The van der Waals surface area contributed by atoms with E-state index in [4.69, 9.17) is 10.5 Å². The minimum Gasteiger partial charge on any atom is -0.444 e. The number of carbonyl (C=O) groups is 1. The van der Waals surface area contributed by atoms with Gasteiger partial charge in [0, 0.05) is 19.6 Å². The Kier molecular flexibility index (Phi) is 6.07. The minimum absolute atomic E-state index is 0.0637. The first-order valence-corrected chi connectivity index (χ1v) is 10.1. The number of halogens is 1. The third kappa shape index (κ3) is 5.13. The zero-order valence-electron chi connectivity index (χ0n) is 16.4. The van der Waals surface area contributed by atoms with Gasteiger partial charge < -0.3 is 20.3 Å². The fraction of sp³-hybridized carbons (Fsp3) is 0.450. The van der Waals surface area contributed by atoms with Gasteiger partial charge >= 0.3 is 6.09 Å². The Morgan fingerprint density at radius 3 is 2.68 bits per heavy atom. The summed E-state index contributed by atoms with van der Waals surface area (Å²) in [6, 6.07) is 10.1. The van der Waals surface area contributed by atoms with E-state index in [9.17, 15) is 4.79 Å². The molecule has 3 rings (SSSR count). The van der Waals surface area contributed by atoms with E-state index in [-0.39, 0.29) is 12.1 Å². The van der Waals surface area contributed by atoms with Crippen molar-refractivity contribution >= 4 is 33.7 Å². The number of benzene rings is 1. The van der Waals surface area contributed by atoms with Gasteiger partial charge in [0.15, 0.2) is 11.6 Å². The largest absolute Gasteiger partial charge is 0.444 e. The van der Waals surface area contributed by atoms with Crippen molar-refractivity contribution in [2.45, 2.75) is 38.8 Å². The summed E-state index contributed by atoms with van der Waals surface area (Å²) in [7, 11) is 0. The lowest BCUT2D eigenvalue weighted by Gasteiger charge is -2.42. The molecule has 1 amide bonds. The first-order chi connectivity index (χ1) is 13.2. The van der Waals surface area contributed by atoms with Gasteiger partial charge in [0.05, 0.1) is 12.2 Å². The summed E-state index contributed by atoms with van der Waals surface area (Å²) in [5, 5.41) is 0. The van der Waals surface area contributed by atoms with Crippen molar-refractivity contribution in [3.8, 4) is 0 Å². The molecule has 7 nitrogen and oxygen atoms in total. The number of hydrogen-bond donors (Lipinski definition) is 1. The lowest BCUT2D eigenvalue weighted by Crippen LogP contribution is -2.57. The van der Waals surface area contributed by atoms with E-state index < -0.39 is 5.60 Å². The van der Waals surface area contributed by atoms with Gasteiger partial charge in [-0.2, -0.15) is 0 Å². The summed E-state index contributed by atoms with van der Waals surface area (Å²) >= 11 is 3.36. The van der Waals surface area contributed by atoms with Crippen molar-refractivity contribution < 1.29 is 9.53 Å². The maximum atomic E-state index is 12.8. The molecule has 2 aromatic rings. The van der Waals surface area contributed by atoms with Crippen LogP contribution < -0.4 is 10.6 Å². The molecule has 2 N–H and O–H groups in total. The van der Waals surface area contributed by atoms with E-state index in [0.717, 1.165) is 12.0 Å². The zero-order valence-corrected chi connectivity index (χ0v) is 18.0. The van der Waals surface area contributed by atoms with Crippen LogP contribution in [0.25, 0.3) is 0 Å². The molecule has 150 valence electrons. The highest BCUT2D eigenvalue weighted by molar-refractivity contribution is 9.10. The number of carbonyl (C=O) groups excluding carboxylic acids is 1. The smallest absolute Gasteiger partial charge is 0.410 e. The maximum Gasteiger partial charge on any atom is 0.410 e. The number of nitrogens with zero attached hydrogens (tertiary/aromatic N) is 4. The number of ether oxygens (including phenoxy) is 1. The van der Waals surface area contributed by atoms with E-state index in [1.807, 2.05) is 43.9 Å². The number of anilines is 2. The Bertz CT molecular complexity index is 825. The summed E-state index contributed by atoms with van der Waals surface area (Å²) in [6.07, 6.45) is 2.01. The van der Waals surface area contributed by atoms with Crippen LogP contribution in [0.3, 0.4) is 0 Å². The Labute approximate surface area is 174 Å². The van der Waals surface area contributed by atoms with Crippen LogP contribution in [0.5, 0.6) is 0 Å². The first-order valence-electron chi connectivity index (χ1n) is 9.29. The van der Waals surface area contributed by atoms with E-state index in [2.05, 4.69) is 42.9 Å². The predicted molar refractivity (Wildman–Crippen MR) is 113 cm³/mol. The molecule has 0 unspecified atom stereocenters. The summed E-state index contributed by atoms with van der Waals surface area (Å²) < 4.78 is 6.27. The molecule has 1 aromatic heterocycles. The van der Waals surface area contributed by atoms with Crippen LogP contribution in [-0.2, 0) is 11.2 Å². The van der Waals surface area contributed by atoms with Gasteiger partial charge in [-0.1, -0.05) is 30.3 Å². The summed E-state index contributed by atoms with van der Waals surface area (Å²) in [5.74, 6) is 1.02. The van der Waals surface area contributed by atoms with Crippen molar-refractivity contribution in [2.75, 3.05) is 30.3 Å². The first kappa shape index (κ1) is 20.4. The van der Waals surface area contributed by atoms with E-state index >= 15 is 0 Å². The van der Waals surface area contributed by atoms with E-state index in [1.54, 1.807) is 6.20 Å². The van der Waals surface area contributed by atoms with E-state index in [0.29, 0.717) is 35.9 Å². The number of amides is 1. The molecule has 0 bridgehead atoms. The van der Waals surface area contributed by atoms with Crippen LogP contribution in [-0.4, -0.2) is 52.2 Å². The van der Waals surface area contributed by atoms with Gasteiger partial charge in [-0.3, -0.25) is 0 Å². The van der Waals surface area contributed by atoms with Gasteiger partial charge in [-0.25, -0.2) is 14.8 Å². The standard InChI is InChI=1S/C20H26BrN5O2/c1-20(2,3)28-19(27)26-10-9-25(18-17(22)23-12-16(21)24-18)13-15(26)11-14-7-5-4-6-8-14/h4-8,12,15H,9-11,13H2,1-3H3,(H2,22,23)/t15-/m0/s1. The molecule has 1 atom stereocenters. The molecule has 0 radical (unpaired) electrons. The molecule has 2 heterocycles. The van der Waals surface area contributed by atoms with Gasteiger partial charge in [0.1, 0.15) is 10.2 Å². The Balaban J connectivity index is 1.84. The topological polar surface area (TPSA) is 84.6 Å². The third-order valence-electron chi connectivity index (χ3n) is 4.48. The Morgan fingerprint density at radius 2 is 2.00 bits per heavy atom. The monoisotopic (exact) mass is 447 g/mol. The number of rotatable bonds is 3. The van der Waals surface area contributed by atoms with Crippen LogP contribution in [0, 0.1) is 0 Å². The van der Waals surface area contributed by atoms with Crippen molar-refractivity contribution in [1.29, 1.82) is 0 Å². The van der Waals surface area contributed by atoms with Crippen LogP contribution in [0.4, 0.5) is 16.4 Å². The minimum atomic E-state index is -0.536. The molecule has 1 aliphatic heterocycles. The SMILES string of the molecule is CC(C)(C)OC(=O)N1CCN(c2nc(Br)cnc2N)C[C@@H]1Cc1ccccc1. The van der Waals surface area contributed by atoms with Crippen molar-refractivity contribution in [3.63, 3.8) is 0 Å². The molecule has 0 aliphatic carbocycles. The summed E-state index contributed by atoms with van der Waals surface area (Å²) in [4.78, 5) is 25.4. The molecular formula is C20H26BrN5O2. The zero-order chi connectivity index (χ0) is 20.3. The summed E-state index contributed by atoms with van der Waals surface area (Å²) in [5.41, 5.74) is 6.68. The molecule has 0 saturated carbocycles. The molecule has 1 fully saturated rings. The number of nitrogen functional groups attached to an aromatic ring is 1. The third-order valence-corrected chi connectivity index (χ3v) is 4.86. The highest BCUT2D eigenvalue weighted by Crippen LogP contribution is 2.26. The number of aromatic nitrogens is 2. The fourth-order valence-electron chi connectivity index (χ4n) is 3.27. The second kappa shape index (κ2) is 8.34. The Hall–Kier alpha value is -2.35. The quantitative estimate of drug-likeness (QED) is 0.774. The molecule has 1 aliphatic rings. The van der Waals surface area contributed by atoms with Gasteiger partial charge in [0.25, 0.3) is 0 Å². The molecular weight excluding hydrogens is 422 g/mol. The van der Waals surface area contributed by atoms with E-state index in [1.165, 1.54) is 0 Å². The normalized spacial score (nSPS) is 17.5. The molecule has 1 aromatic carbocycles. The lowest BCUT2D eigenvalue weighted by molar-refractivity contribution is 0.0141. The molecule has 28 heavy (non-hydrogen) atoms. The average molecular weight is 448 g/mol. The van der Waals surface area contributed by atoms with Gasteiger partial charge in [-0.05, 0) is 48.7 Å². The van der Waals surface area contributed by atoms with Crippen LogP contribution in [0.1, 0.15) is 26.3 Å². The number of piperazine rings is 1.